The summed E-state index contributed by atoms with van der Waals surface area (Å²) in [6.45, 7) is -0.154. The summed E-state index contributed by atoms with van der Waals surface area (Å²) in [7, 11) is 0. The van der Waals surface area contributed by atoms with E-state index in [9.17, 15) is 13.2 Å². The first-order valence-corrected chi connectivity index (χ1v) is 5.38. The average Bonchev–Trinajstić information content (AvgIpc) is 3.07. The van der Waals surface area contributed by atoms with Crippen molar-refractivity contribution in [2.24, 2.45) is 11.1 Å². The Balaban J connectivity index is 1.99. The zero-order valence-corrected chi connectivity index (χ0v) is 9.07. The van der Waals surface area contributed by atoms with Crippen LogP contribution in [-0.4, -0.2) is 6.21 Å². The number of oxime groups is 1. The minimum Gasteiger partial charge on any atom is -0.391 e. The Kier molecular flexibility index (Phi) is 3.36. The highest BCUT2D eigenvalue weighted by Crippen LogP contribution is 2.32. The maximum atomic E-state index is 12.6. The first kappa shape index (κ1) is 12.0. The van der Waals surface area contributed by atoms with Gasteiger partial charge in [0.25, 0.3) is 0 Å². The fourth-order valence-corrected chi connectivity index (χ4v) is 1.40. The molecule has 1 aromatic rings. The van der Waals surface area contributed by atoms with E-state index in [0.717, 1.165) is 18.9 Å². The van der Waals surface area contributed by atoms with Crippen LogP contribution in [-0.2, 0) is 17.6 Å². The third kappa shape index (κ3) is 3.47. The quantitative estimate of drug-likeness (QED) is 0.584. The van der Waals surface area contributed by atoms with Crippen LogP contribution in [0.15, 0.2) is 29.4 Å². The van der Waals surface area contributed by atoms with Crippen LogP contribution in [0.1, 0.15) is 24.0 Å². The van der Waals surface area contributed by atoms with Crippen LogP contribution in [0, 0.1) is 5.92 Å². The van der Waals surface area contributed by atoms with E-state index < -0.39 is 11.7 Å². The highest BCUT2D eigenvalue weighted by Gasteiger charge is 2.32. The summed E-state index contributed by atoms with van der Waals surface area (Å²) in [5, 5.41) is 3.66. The van der Waals surface area contributed by atoms with Crippen molar-refractivity contribution in [3.05, 3.63) is 35.4 Å². The zero-order valence-electron chi connectivity index (χ0n) is 9.07. The predicted octanol–water partition coefficient (Wildman–Crippen LogP) is 3.62. The molecule has 1 aliphatic rings. The van der Waals surface area contributed by atoms with Gasteiger partial charge in [0.15, 0.2) is 0 Å². The molecule has 1 fully saturated rings. The van der Waals surface area contributed by atoms with E-state index in [2.05, 4.69) is 5.16 Å². The molecule has 17 heavy (non-hydrogen) atoms. The average molecular weight is 243 g/mol. The zero-order chi connectivity index (χ0) is 12.3. The summed E-state index contributed by atoms with van der Waals surface area (Å²) in [5.74, 6) is 0.452. The predicted molar refractivity (Wildman–Crippen MR) is 57.4 cm³/mol. The molecule has 0 N–H and O–H groups in total. The molecule has 0 unspecified atom stereocenters. The Bertz CT molecular complexity index is 410. The third-order valence-corrected chi connectivity index (χ3v) is 2.51. The lowest BCUT2D eigenvalue weighted by Gasteiger charge is -2.11. The second kappa shape index (κ2) is 4.77. The molecule has 0 radical (unpaired) electrons. The Morgan fingerprint density at radius 2 is 2.00 bits per heavy atom. The molecule has 1 aliphatic carbocycles. The van der Waals surface area contributed by atoms with E-state index in [-0.39, 0.29) is 12.2 Å². The molecule has 0 bridgehead atoms. The lowest BCUT2D eigenvalue weighted by atomic mass is 10.1. The first-order chi connectivity index (χ1) is 8.07. The largest absolute Gasteiger partial charge is 0.416 e. The monoisotopic (exact) mass is 243 g/mol. The van der Waals surface area contributed by atoms with Crippen molar-refractivity contribution in [1.29, 1.82) is 0 Å². The van der Waals surface area contributed by atoms with E-state index in [1.54, 1.807) is 12.3 Å². The second-order valence-corrected chi connectivity index (χ2v) is 4.02. The number of halogens is 3. The Morgan fingerprint density at radius 3 is 2.65 bits per heavy atom. The third-order valence-electron chi connectivity index (χ3n) is 2.51. The molecule has 0 heterocycles. The maximum Gasteiger partial charge on any atom is 0.416 e. The number of alkyl halides is 3. The van der Waals surface area contributed by atoms with Gasteiger partial charge in [0.1, 0.15) is 6.61 Å². The van der Waals surface area contributed by atoms with Gasteiger partial charge in [-0.05, 0) is 24.8 Å². The summed E-state index contributed by atoms with van der Waals surface area (Å²) >= 11 is 0. The number of benzene rings is 1. The van der Waals surface area contributed by atoms with Gasteiger partial charge in [-0.2, -0.15) is 13.2 Å². The molecule has 92 valence electrons. The number of rotatable bonds is 4. The molecule has 0 saturated heterocycles. The van der Waals surface area contributed by atoms with Gasteiger partial charge in [0, 0.05) is 11.8 Å². The number of hydrogen-bond acceptors (Lipinski definition) is 2. The van der Waals surface area contributed by atoms with E-state index in [4.69, 9.17) is 4.84 Å². The second-order valence-electron chi connectivity index (χ2n) is 4.02. The fraction of sp³-hybridized carbons (Fsp3) is 0.417. The van der Waals surface area contributed by atoms with Gasteiger partial charge >= 0.3 is 6.18 Å². The van der Waals surface area contributed by atoms with Crippen molar-refractivity contribution in [3.8, 4) is 0 Å². The van der Waals surface area contributed by atoms with Crippen molar-refractivity contribution >= 4 is 6.21 Å². The van der Waals surface area contributed by atoms with E-state index in [0.29, 0.717) is 5.92 Å². The summed E-state index contributed by atoms with van der Waals surface area (Å²) in [6.07, 6.45) is -0.519. The molecule has 0 aromatic heterocycles. The Hall–Kier alpha value is -1.52. The smallest absolute Gasteiger partial charge is 0.391 e. The van der Waals surface area contributed by atoms with Gasteiger partial charge in [0.2, 0.25) is 0 Å². The van der Waals surface area contributed by atoms with Crippen LogP contribution in [0.5, 0.6) is 0 Å². The van der Waals surface area contributed by atoms with Crippen LogP contribution in [0.3, 0.4) is 0 Å². The van der Waals surface area contributed by atoms with E-state index in [1.807, 2.05) is 0 Å². The molecule has 0 atom stereocenters. The number of hydrogen-bond donors (Lipinski definition) is 0. The highest BCUT2D eigenvalue weighted by molar-refractivity contribution is 5.62. The van der Waals surface area contributed by atoms with Crippen LogP contribution >= 0.6 is 0 Å². The van der Waals surface area contributed by atoms with Gasteiger partial charge in [-0.3, -0.25) is 0 Å². The minimum atomic E-state index is -4.35. The molecule has 0 amide bonds. The van der Waals surface area contributed by atoms with Gasteiger partial charge in [0.05, 0.1) is 5.56 Å². The van der Waals surface area contributed by atoms with Crippen LogP contribution in [0.2, 0.25) is 0 Å². The molecule has 0 spiro atoms. The summed E-state index contributed by atoms with van der Waals surface area (Å²) in [6, 6.07) is 5.36. The van der Waals surface area contributed by atoms with Crippen molar-refractivity contribution in [2.75, 3.05) is 0 Å². The normalized spacial score (nSPS) is 16.4. The van der Waals surface area contributed by atoms with E-state index in [1.165, 1.54) is 12.1 Å². The van der Waals surface area contributed by atoms with Gasteiger partial charge in [-0.1, -0.05) is 23.4 Å². The molecule has 5 heteroatoms. The topological polar surface area (TPSA) is 21.6 Å². The van der Waals surface area contributed by atoms with Crippen molar-refractivity contribution in [3.63, 3.8) is 0 Å². The molecule has 1 saturated carbocycles. The molecule has 2 nitrogen and oxygen atoms in total. The molecule has 1 aromatic carbocycles. The van der Waals surface area contributed by atoms with E-state index >= 15 is 0 Å². The summed E-state index contributed by atoms with van der Waals surface area (Å²) in [5.41, 5.74) is -0.561. The minimum absolute atomic E-state index is 0.105. The molecular formula is C12H12F3NO. The Morgan fingerprint density at radius 1 is 1.29 bits per heavy atom. The summed E-state index contributed by atoms with van der Waals surface area (Å²) < 4.78 is 37.8. The highest BCUT2D eigenvalue weighted by atomic mass is 19.4. The molecular weight excluding hydrogens is 231 g/mol. The van der Waals surface area contributed by atoms with Crippen molar-refractivity contribution in [2.45, 2.75) is 25.6 Å². The standard InChI is InChI=1S/C12H12F3NO/c13-12(14,15)11-4-2-1-3-10(11)8-17-16-7-9-5-6-9/h1-4,7,9H,5-6,8H2. The lowest BCUT2D eigenvalue weighted by molar-refractivity contribution is -0.138. The van der Waals surface area contributed by atoms with Gasteiger partial charge < -0.3 is 4.84 Å². The van der Waals surface area contributed by atoms with Crippen LogP contribution in [0.4, 0.5) is 13.2 Å². The van der Waals surface area contributed by atoms with Crippen LogP contribution in [0.25, 0.3) is 0 Å². The van der Waals surface area contributed by atoms with Crippen molar-refractivity contribution in [1.82, 2.24) is 0 Å². The van der Waals surface area contributed by atoms with Crippen LogP contribution < -0.4 is 0 Å². The van der Waals surface area contributed by atoms with Crippen molar-refractivity contribution < 1.29 is 18.0 Å². The SMILES string of the molecule is FC(F)(F)c1ccccc1CON=CC1CC1. The Labute approximate surface area is 97.1 Å². The summed E-state index contributed by atoms with van der Waals surface area (Å²) in [4.78, 5) is 4.88. The molecule has 2 rings (SSSR count). The fourth-order valence-electron chi connectivity index (χ4n) is 1.40. The first-order valence-electron chi connectivity index (χ1n) is 5.38. The van der Waals surface area contributed by atoms with Gasteiger partial charge in [-0.15, -0.1) is 0 Å². The lowest BCUT2D eigenvalue weighted by Crippen LogP contribution is -2.09. The maximum absolute atomic E-state index is 12.6. The molecule has 0 aliphatic heterocycles. The number of nitrogens with zero attached hydrogens (tertiary/aromatic N) is 1. The van der Waals surface area contributed by atoms with Gasteiger partial charge in [-0.25, -0.2) is 0 Å².